The van der Waals surface area contributed by atoms with Crippen molar-refractivity contribution in [3.05, 3.63) is 53.9 Å². The third-order valence-electron chi connectivity index (χ3n) is 3.46. The highest BCUT2D eigenvalue weighted by atomic mass is 32.2. The van der Waals surface area contributed by atoms with Gasteiger partial charge in [-0.25, -0.2) is 0 Å². The number of anilines is 1. The lowest BCUT2D eigenvalue weighted by Crippen LogP contribution is -2.24. The van der Waals surface area contributed by atoms with Gasteiger partial charge in [-0.05, 0) is 42.5 Å². The first-order valence-electron chi connectivity index (χ1n) is 7.38. The SMILES string of the molecule is CCSc1cccc(N(CC)Cc2ccncc2)c1CN. The van der Waals surface area contributed by atoms with Crippen molar-refractivity contribution in [2.45, 2.75) is 31.8 Å². The third-order valence-corrected chi connectivity index (χ3v) is 4.44. The molecule has 21 heavy (non-hydrogen) atoms. The monoisotopic (exact) mass is 301 g/mol. The molecule has 2 N–H and O–H groups in total. The molecule has 1 heterocycles. The van der Waals surface area contributed by atoms with Gasteiger partial charge < -0.3 is 10.6 Å². The molecule has 2 rings (SSSR count). The largest absolute Gasteiger partial charge is 0.367 e. The average molecular weight is 301 g/mol. The normalized spacial score (nSPS) is 10.6. The van der Waals surface area contributed by atoms with E-state index >= 15 is 0 Å². The fraction of sp³-hybridized carbons (Fsp3) is 0.353. The molecule has 2 aromatic rings. The van der Waals surface area contributed by atoms with Crippen LogP contribution >= 0.6 is 11.8 Å². The minimum Gasteiger partial charge on any atom is -0.367 e. The summed E-state index contributed by atoms with van der Waals surface area (Å²) in [6.07, 6.45) is 3.69. The maximum atomic E-state index is 6.02. The van der Waals surface area contributed by atoms with Crippen LogP contribution in [0.4, 0.5) is 5.69 Å². The Morgan fingerprint density at radius 2 is 1.90 bits per heavy atom. The summed E-state index contributed by atoms with van der Waals surface area (Å²) in [5, 5.41) is 0. The van der Waals surface area contributed by atoms with E-state index in [1.165, 1.54) is 21.7 Å². The standard InChI is InChI=1S/C17H23N3S/c1-3-20(13-14-8-10-19-11-9-14)16-6-5-7-17(21-4-2)15(16)12-18/h5-11H,3-4,12-13,18H2,1-2H3. The molecule has 0 aliphatic rings. The summed E-state index contributed by atoms with van der Waals surface area (Å²) in [5.41, 5.74) is 9.78. The van der Waals surface area contributed by atoms with Crippen LogP contribution in [0.25, 0.3) is 0 Å². The maximum Gasteiger partial charge on any atom is 0.0430 e. The van der Waals surface area contributed by atoms with Gasteiger partial charge in [-0.1, -0.05) is 13.0 Å². The number of nitrogens with zero attached hydrogens (tertiary/aromatic N) is 2. The van der Waals surface area contributed by atoms with Gasteiger partial charge >= 0.3 is 0 Å². The summed E-state index contributed by atoms with van der Waals surface area (Å²) in [5.74, 6) is 1.06. The number of hydrogen-bond donors (Lipinski definition) is 1. The van der Waals surface area contributed by atoms with Crippen molar-refractivity contribution in [3.63, 3.8) is 0 Å². The number of thioether (sulfide) groups is 1. The summed E-state index contributed by atoms with van der Waals surface area (Å²) >= 11 is 1.86. The highest BCUT2D eigenvalue weighted by molar-refractivity contribution is 7.99. The van der Waals surface area contributed by atoms with Crippen LogP contribution in [0.5, 0.6) is 0 Å². The zero-order valence-electron chi connectivity index (χ0n) is 12.7. The molecular weight excluding hydrogens is 278 g/mol. The van der Waals surface area contributed by atoms with E-state index < -0.39 is 0 Å². The molecule has 0 saturated carbocycles. The van der Waals surface area contributed by atoms with E-state index in [2.05, 4.69) is 54.1 Å². The lowest BCUT2D eigenvalue weighted by Gasteiger charge is -2.27. The average Bonchev–Trinajstić information content (AvgIpc) is 2.54. The molecule has 1 aromatic carbocycles. The Morgan fingerprint density at radius 3 is 2.52 bits per heavy atom. The molecule has 0 unspecified atom stereocenters. The van der Waals surface area contributed by atoms with Gasteiger partial charge in [0.05, 0.1) is 0 Å². The Labute approximate surface area is 131 Å². The summed E-state index contributed by atoms with van der Waals surface area (Å²) in [7, 11) is 0. The zero-order chi connectivity index (χ0) is 15.1. The quantitative estimate of drug-likeness (QED) is 0.792. The minimum absolute atomic E-state index is 0.575. The lowest BCUT2D eigenvalue weighted by atomic mass is 10.1. The first-order chi connectivity index (χ1) is 10.3. The lowest BCUT2D eigenvalue weighted by molar-refractivity contribution is 0.815. The van der Waals surface area contributed by atoms with Gasteiger partial charge in [0.2, 0.25) is 0 Å². The Kier molecular flexibility index (Phi) is 6.08. The van der Waals surface area contributed by atoms with Crippen molar-refractivity contribution < 1.29 is 0 Å². The fourth-order valence-corrected chi connectivity index (χ4v) is 3.27. The molecule has 1 aromatic heterocycles. The maximum absolute atomic E-state index is 6.02. The topological polar surface area (TPSA) is 42.2 Å². The van der Waals surface area contributed by atoms with Crippen molar-refractivity contribution in [1.29, 1.82) is 0 Å². The molecule has 0 bridgehead atoms. The first-order valence-corrected chi connectivity index (χ1v) is 8.37. The number of rotatable bonds is 7. The van der Waals surface area contributed by atoms with E-state index in [-0.39, 0.29) is 0 Å². The molecule has 0 saturated heterocycles. The van der Waals surface area contributed by atoms with Crippen LogP contribution in [0.3, 0.4) is 0 Å². The van der Waals surface area contributed by atoms with Crippen molar-refractivity contribution >= 4 is 17.4 Å². The summed E-state index contributed by atoms with van der Waals surface area (Å²) in [6, 6.07) is 10.6. The summed E-state index contributed by atoms with van der Waals surface area (Å²) in [6.45, 7) is 6.76. The van der Waals surface area contributed by atoms with Gasteiger partial charge in [0.25, 0.3) is 0 Å². The Balaban J connectivity index is 2.31. The molecule has 0 amide bonds. The Morgan fingerprint density at radius 1 is 1.14 bits per heavy atom. The van der Waals surface area contributed by atoms with Gasteiger partial charge in [0.15, 0.2) is 0 Å². The Hall–Kier alpha value is -1.52. The summed E-state index contributed by atoms with van der Waals surface area (Å²) in [4.78, 5) is 7.75. The van der Waals surface area contributed by atoms with Crippen molar-refractivity contribution in [1.82, 2.24) is 4.98 Å². The molecular formula is C17H23N3S. The second-order valence-corrected chi connectivity index (χ2v) is 6.07. The number of pyridine rings is 1. The molecule has 112 valence electrons. The predicted octanol–water partition coefficient (Wildman–Crippen LogP) is 3.68. The van der Waals surface area contributed by atoms with E-state index in [1.807, 2.05) is 24.2 Å². The van der Waals surface area contributed by atoms with E-state index in [9.17, 15) is 0 Å². The molecule has 0 radical (unpaired) electrons. The van der Waals surface area contributed by atoms with Crippen molar-refractivity contribution in [2.75, 3.05) is 17.2 Å². The highest BCUT2D eigenvalue weighted by Crippen LogP contribution is 2.31. The van der Waals surface area contributed by atoms with Gasteiger partial charge in [-0.15, -0.1) is 11.8 Å². The van der Waals surface area contributed by atoms with Crippen molar-refractivity contribution in [3.8, 4) is 0 Å². The van der Waals surface area contributed by atoms with E-state index in [4.69, 9.17) is 5.73 Å². The van der Waals surface area contributed by atoms with Crippen LogP contribution in [0.1, 0.15) is 25.0 Å². The number of aromatic nitrogens is 1. The van der Waals surface area contributed by atoms with Crippen LogP contribution in [0, 0.1) is 0 Å². The van der Waals surface area contributed by atoms with Crippen molar-refractivity contribution in [2.24, 2.45) is 5.73 Å². The minimum atomic E-state index is 0.575. The highest BCUT2D eigenvalue weighted by Gasteiger charge is 2.13. The summed E-state index contributed by atoms with van der Waals surface area (Å²) < 4.78 is 0. The van der Waals surface area contributed by atoms with Crippen LogP contribution in [-0.2, 0) is 13.1 Å². The fourth-order valence-electron chi connectivity index (χ4n) is 2.42. The van der Waals surface area contributed by atoms with Gasteiger partial charge in [0, 0.05) is 48.2 Å². The number of benzene rings is 1. The van der Waals surface area contributed by atoms with Gasteiger partial charge in [0.1, 0.15) is 0 Å². The molecule has 0 aliphatic heterocycles. The Bertz CT molecular complexity index is 557. The second kappa shape index (κ2) is 8.05. The molecule has 0 fully saturated rings. The molecule has 4 heteroatoms. The van der Waals surface area contributed by atoms with Crippen LogP contribution in [0.15, 0.2) is 47.6 Å². The molecule has 0 aliphatic carbocycles. The number of hydrogen-bond acceptors (Lipinski definition) is 4. The predicted molar refractivity (Wildman–Crippen MR) is 91.7 cm³/mol. The second-order valence-electron chi connectivity index (χ2n) is 4.76. The van der Waals surface area contributed by atoms with E-state index in [0.717, 1.165) is 18.8 Å². The number of nitrogens with two attached hydrogens (primary N) is 1. The third kappa shape index (κ3) is 3.99. The van der Waals surface area contributed by atoms with Crippen LogP contribution in [-0.4, -0.2) is 17.3 Å². The smallest absolute Gasteiger partial charge is 0.0430 e. The first kappa shape index (κ1) is 15.9. The molecule has 3 nitrogen and oxygen atoms in total. The molecule has 0 spiro atoms. The van der Waals surface area contributed by atoms with Gasteiger partial charge in [-0.2, -0.15) is 0 Å². The van der Waals surface area contributed by atoms with E-state index in [1.54, 1.807) is 0 Å². The van der Waals surface area contributed by atoms with Crippen LogP contribution < -0.4 is 10.6 Å². The van der Waals surface area contributed by atoms with Crippen LogP contribution in [0.2, 0.25) is 0 Å². The van der Waals surface area contributed by atoms with E-state index in [0.29, 0.717) is 6.54 Å². The zero-order valence-corrected chi connectivity index (χ0v) is 13.6. The van der Waals surface area contributed by atoms with Gasteiger partial charge in [-0.3, -0.25) is 4.98 Å². The molecule has 0 atom stereocenters.